The molecule has 0 saturated carbocycles. The molecule has 1 N–H and O–H groups in total. The summed E-state index contributed by atoms with van der Waals surface area (Å²) in [4.78, 5) is 0. The minimum Gasteiger partial charge on any atom is -0.485 e. The number of fused-ring (bicyclic) bond motifs is 1. The lowest BCUT2D eigenvalue weighted by Crippen LogP contribution is -2.07. The normalized spacial score (nSPS) is 13.0. The summed E-state index contributed by atoms with van der Waals surface area (Å²) in [6, 6.07) is 14.2. The van der Waals surface area contributed by atoms with Crippen molar-refractivity contribution >= 4 is 12.2 Å². The van der Waals surface area contributed by atoms with Crippen LogP contribution >= 0.6 is 12.2 Å². The third-order valence-corrected chi connectivity index (χ3v) is 4.86. The number of hydrogen-bond donors (Lipinski definition) is 1. The number of hydrogen-bond acceptors (Lipinski definition) is 3. The molecule has 0 atom stereocenters. The van der Waals surface area contributed by atoms with Crippen LogP contribution in [0.5, 0.6) is 5.75 Å². The quantitative estimate of drug-likeness (QED) is 0.722. The zero-order valence-corrected chi connectivity index (χ0v) is 14.4. The number of aryl methyl sites for hydroxylation is 1. The molecule has 1 heterocycles. The number of aromatic nitrogens is 3. The topological polar surface area (TPSA) is 42.8 Å². The fraction of sp³-hybridized carbons (Fsp3) is 0.263. The van der Waals surface area contributed by atoms with Gasteiger partial charge in [0.25, 0.3) is 0 Å². The van der Waals surface area contributed by atoms with Crippen LogP contribution < -0.4 is 4.74 Å². The third kappa shape index (κ3) is 2.65. The first-order chi connectivity index (χ1) is 11.7. The lowest BCUT2D eigenvalue weighted by molar-refractivity contribution is 0.290. The highest BCUT2D eigenvalue weighted by molar-refractivity contribution is 7.71. The Morgan fingerprint density at radius 2 is 1.92 bits per heavy atom. The molecule has 0 unspecified atom stereocenters. The Balaban J connectivity index is 1.63. The lowest BCUT2D eigenvalue weighted by Gasteiger charge is -2.13. The molecule has 5 heteroatoms. The van der Waals surface area contributed by atoms with Crippen LogP contribution in [0.4, 0.5) is 0 Å². The van der Waals surface area contributed by atoms with Gasteiger partial charge in [-0.15, -0.1) is 0 Å². The van der Waals surface area contributed by atoms with Crippen molar-refractivity contribution in [1.29, 1.82) is 0 Å². The van der Waals surface area contributed by atoms with Gasteiger partial charge in [0.1, 0.15) is 12.4 Å². The van der Waals surface area contributed by atoms with Crippen LogP contribution in [-0.4, -0.2) is 14.8 Å². The van der Waals surface area contributed by atoms with E-state index in [1.807, 2.05) is 34.9 Å². The lowest BCUT2D eigenvalue weighted by atomic mass is 10.0. The number of H-pyrrole nitrogens is 1. The van der Waals surface area contributed by atoms with Crippen LogP contribution in [0.15, 0.2) is 42.5 Å². The van der Waals surface area contributed by atoms with E-state index in [4.69, 9.17) is 17.0 Å². The number of para-hydroxylation sites is 1. The van der Waals surface area contributed by atoms with Crippen molar-refractivity contribution in [2.24, 2.45) is 0 Å². The van der Waals surface area contributed by atoms with Gasteiger partial charge in [-0.2, -0.15) is 5.10 Å². The zero-order valence-electron chi connectivity index (χ0n) is 13.6. The Morgan fingerprint density at radius 3 is 2.75 bits per heavy atom. The first kappa shape index (κ1) is 15.1. The molecule has 1 aliphatic carbocycles. The Hall–Kier alpha value is -2.40. The van der Waals surface area contributed by atoms with Gasteiger partial charge >= 0.3 is 0 Å². The minimum absolute atomic E-state index is 0.386. The molecule has 122 valence electrons. The molecule has 1 aromatic heterocycles. The average molecular weight is 337 g/mol. The van der Waals surface area contributed by atoms with Gasteiger partial charge < -0.3 is 4.74 Å². The van der Waals surface area contributed by atoms with Crippen molar-refractivity contribution < 1.29 is 4.74 Å². The zero-order chi connectivity index (χ0) is 16.5. The summed E-state index contributed by atoms with van der Waals surface area (Å²) in [5.41, 5.74) is 5.16. The molecule has 0 aliphatic heterocycles. The smallest absolute Gasteiger partial charge is 0.199 e. The minimum atomic E-state index is 0.386. The van der Waals surface area contributed by atoms with E-state index in [1.54, 1.807) is 0 Å². The molecule has 4 rings (SSSR count). The van der Waals surface area contributed by atoms with Gasteiger partial charge in [-0.1, -0.05) is 24.3 Å². The van der Waals surface area contributed by atoms with E-state index >= 15 is 0 Å². The molecule has 0 fully saturated rings. The van der Waals surface area contributed by atoms with E-state index in [0.717, 1.165) is 30.1 Å². The molecular weight excluding hydrogens is 318 g/mol. The van der Waals surface area contributed by atoms with E-state index in [0.29, 0.717) is 11.4 Å². The number of rotatable bonds is 4. The van der Waals surface area contributed by atoms with Gasteiger partial charge in [-0.25, -0.2) is 0 Å². The summed E-state index contributed by atoms with van der Waals surface area (Å²) in [5, 5.41) is 7.21. The molecular formula is C19H19N3OS. The molecule has 0 radical (unpaired) electrons. The largest absolute Gasteiger partial charge is 0.485 e. The van der Waals surface area contributed by atoms with Crippen LogP contribution in [0, 0.1) is 11.7 Å². The first-order valence-electron chi connectivity index (χ1n) is 8.20. The molecule has 24 heavy (non-hydrogen) atoms. The molecule has 1 aliphatic rings. The predicted octanol–water partition coefficient (Wildman–Crippen LogP) is 4.31. The SMILES string of the molecule is Cc1ccc(OCc2n[nH]c(=S)n2-c2ccccc2)c2c1CCC2. The highest BCUT2D eigenvalue weighted by Gasteiger charge is 2.18. The van der Waals surface area contributed by atoms with E-state index in [-0.39, 0.29) is 0 Å². The van der Waals surface area contributed by atoms with Gasteiger partial charge in [-0.3, -0.25) is 9.67 Å². The van der Waals surface area contributed by atoms with Gasteiger partial charge in [0.05, 0.1) is 0 Å². The fourth-order valence-electron chi connectivity index (χ4n) is 3.40. The van der Waals surface area contributed by atoms with Gasteiger partial charge in [0.2, 0.25) is 0 Å². The summed E-state index contributed by atoms with van der Waals surface area (Å²) in [6.07, 6.45) is 3.46. The molecule has 0 bridgehead atoms. The first-order valence-corrected chi connectivity index (χ1v) is 8.61. The second kappa shape index (κ2) is 6.24. The van der Waals surface area contributed by atoms with Crippen LogP contribution in [-0.2, 0) is 19.4 Å². The van der Waals surface area contributed by atoms with Crippen molar-refractivity contribution in [2.45, 2.75) is 32.8 Å². The van der Waals surface area contributed by atoms with Crippen LogP contribution in [0.3, 0.4) is 0 Å². The number of ether oxygens (including phenoxy) is 1. The van der Waals surface area contributed by atoms with Crippen molar-refractivity contribution in [3.8, 4) is 11.4 Å². The summed E-state index contributed by atoms with van der Waals surface area (Å²) in [7, 11) is 0. The summed E-state index contributed by atoms with van der Waals surface area (Å²) in [5.74, 6) is 1.75. The number of nitrogens with one attached hydrogen (secondary N) is 1. The predicted molar refractivity (Wildman–Crippen MR) is 96.3 cm³/mol. The Labute approximate surface area is 146 Å². The van der Waals surface area contributed by atoms with Gasteiger partial charge in [0.15, 0.2) is 10.6 Å². The second-order valence-corrected chi connectivity index (χ2v) is 6.48. The monoisotopic (exact) mass is 337 g/mol. The van der Waals surface area contributed by atoms with Gasteiger partial charge in [-0.05, 0) is 73.3 Å². The number of benzene rings is 2. The summed E-state index contributed by atoms with van der Waals surface area (Å²) < 4.78 is 8.61. The third-order valence-electron chi connectivity index (χ3n) is 4.59. The van der Waals surface area contributed by atoms with E-state index < -0.39 is 0 Å². The Morgan fingerprint density at radius 1 is 1.12 bits per heavy atom. The molecule has 4 nitrogen and oxygen atoms in total. The van der Waals surface area contributed by atoms with Crippen molar-refractivity contribution in [1.82, 2.24) is 14.8 Å². The molecule has 0 saturated heterocycles. The second-order valence-electron chi connectivity index (χ2n) is 6.10. The maximum absolute atomic E-state index is 6.12. The molecule has 2 aromatic carbocycles. The summed E-state index contributed by atoms with van der Waals surface area (Å²) in [6.45, 7) is 2.56. The van der Waals surface area contributed by atoms with Crippen LogP contribution in [0.1, 0.15) is 28.9 Å². The van der Waals surface area contributed by atoms with E-state index in [1.165, 1.54) is 23.1 Å². The Bertz CT molecular complexity index is 928. The molecule has 3 aromatic rings. The molecule has 0 spiro atoms. The number of nitrogens with zero attached hydrogens (tertiary/aromatic N) is 2. The van der Waals surface area contributed by atoms with Gasteiger partial charge in [0, 0.05) is 5.69 Å². The van der Waals surface area contributed by atoms with E-state index in [2.05, 4.69) is 29.3 Å². The van der Waals surface area contributed by atoms with Crippen LogP contribution in [0.2, 0.25) is 0 Å². The maximum atomic E-state index is 6.12. The van der Waals surface area contributed by atoms with Crippen molar-refractivity contribution in [2.75, 3.05) is 0 Å². The molecule has 0 amide bonds. The maximum Gasteiger partial charge on any atom is 0.199 e. The average Bonchev–Trinajstić information content (AvgIpc) is 3.23. The Kier molecular flexibility index (Phi) is 3.94. The summed E-state index contributed by atoms with van der Waals surface area (Å²) >= 11 is 5.37. The van der Waals surface area contributed by atoms with Crippen molar-refractivity contribution in [3.05, 3.63) is 69.8 Å². The fourth-order valence-corrected chi connectivity index (χ4v) is 3.66. The number of aromatic amines is 1. The van der Waals surface area contributed by atoms with E-state index in [9.17, 15) is 0 Å². The standard InChI is InChI=1S/C19H19N3OS/c1-13-10-11-17(16-9-5-8-15(13)16)23-12-18-20-21-19(24)22(18)14-6-3-2-4-7-14/h2-4,6-7,10-11H,5,8-9,12H2,1H3,(H,21,24). The highest BCUT2D eigenvalue weighted by atomic mass is 32.1. The van der Waals surface area contributed by atoms with Crippen molar-refractivity contribution in [3.63, 3.8) is 0 Å². The highest BCUT2D eigenvalue weighted by Crippen LogP contribution is 2.33. The van der Waals surface area contributed by atoms with Crippen LogP contribution in [0.25, 0.3) is 5.69 Å².